The SMILES string of the molecule is CN=c1n(C)c(=NC)n(C)c(=NCCN(C)c2[n+](C)c(N(C)C)[n+](C)c(N(C)C)[n+]2C)n1C. The maximum Gasteiger partial charge on any atom is 0.506 e. The van der Waals surface area contributed by atoms with Gasteiger partial charge in [0.2, 0.25) is 16.9 Å². The molecule has 0 unspecified atom stereocenters. The highest BCUT2D eigenvalue weighted by atomic mass is 15.5. The van der Waals surface area contributed by atoms with Gasteiger partial charge in [0.15, 0.2) is 0 Å². The summed E-state index contributed by atoms with van der Waals surface area (Å²) < 4.78 is 12.5. The van der Waals surface area contributed by atoms with Crippen LogP contribution in [0.2, 0.25) is 0 Å². The maximum atomic E-state index is 4.93. The molecule has 0 saturated carbocycles. The first-order valence-corrected chi connectivity index (χ1v) is 11.0. The van der Waals surface area contributed by atoms with Crippen LogP contribution in [0.15, 0.2) is 15.0 Å². The number of hydrogen-bond donors (Lipinski definition) is 0. The molecule has 2 rings (SSSR count). The van der Waals surface area contributed by atoms with E-state index in [0.29, 0.717) is 6.54 Å². The van der Waals surface area contributed by atoms with Crippen molar-refractivity contribution >= 4 is 17.8 Å². The van der Waals surface area contributed by atoms with Crippen LogP contribution in [0.3, 0.4) is 0 Å². The summed E-state index contributed by atoms with van der Waals surface area (Å²) >= 11 is 0. The fraction of sp³-hybridized carbons (Fsp3) is 0.714. The fourth-order valence-corrected chi connectivity index (χ4v) is 4.81. The summed E-state index contributed by atoms with van der Waals surface area (Å²) in [5, 5.41) is 0. The van der Waals surface area contributed by atoms with Crippen LogP contribution in [-0.2, 0) is 42.3 Å². The van der Waals surface area contributed by atoms with Crippen molar-refractivity contribution in [3.8, 4) is 0 Å². The van der Waals surface area contributed by atoms with Crippen molar-refractivity contribution in [3.63, 3.8) is 0 Å². The Hall–Kier alpha value is -3.18. The van der Waals surface area contributed by atoms with Crippen molar-refractivity contribution in [3.05, 3.63) is 16.9 Å². The zero-order valence-corrected chi connectivity index (χ0v) is 22.8. The van der Waals surface area contributed by atoms with Gasteiger partial charge in [-0.3, -0.25) is 23.7 Å². The lowest BCUT2D eigenvalue weighted by Gasteiger charge is -2.18. The van der Waals surface area contributed by atoms with E-state index in [2.05, 4.69) is 94.8 Å². The van der Waals surface area contributed by atoms with Gasteiger partial charge in [-0.05, 0) is 0 Å². The van der Waals surface area contributed by atoms with E-state index in [-0.39, 0.29) is 0 Å². The number of rotatable bonds is 6. The van der Waals surface area contributed by atoms with E-state index in [1.54, 1.807) is 14.1 Å². The fourth-order valence-electron chi connectivity index (χ4n) is 4.81. The van der Waals surface area contributed by atoms with Crippen LogP contribution in [0, 0.1) is 0 Å². The molecule has 0 aromatic carbocycles. The molecule has 0 fully saturated rings. The molecular weight excluding hydrogens is 420 g/mol. The Balaban J connectivity index is 2.57. The summed E-state index contributed by atoms with van der Waals surface area (Å²) in [4.78, 5) is 20.3. The molecule has 0 amide bonds. The molecular formula is C21H43N12+3. The third-order valence-electron chi connectivity index (χ3n) is 5.83. The van der Waals surface area contributed by atoms with Gasteiger partial charge in [0.1, 0.15) is 27.7 Å². The highest BCUT2D eigenvalue weighted by Gasteiger charge is 2.39. The molecule has 0 radical (unpaired) electrons. The molecule has 12 heteroatoms. The first-order chi connectivity index (χ1) is 15.4. The lowest BCUT2D eigenvalue weighted by Crippen LogP contribution is -2.65. The number of likely N-dealkylation sites (N-methyl/N-ethyl adjacent to an activating group) is 1. The number of nitrogens with zero attached hydrogens (tertiary/aromatic N) is 12. The molecule has 0 aliphatic rings. The van der Waals surface area contributed by atoms with Gasteiger partial charge in [0.05, 0.1) is 27.7 Å². The molecule has 0 spiro atoms. The molecule has 0 bridgehead atoms. The van der Waals surface area contributed by atoms with Gasteiger partial charge in [-0.15, -0.1) is 9.13 Å². The van der Waals surface area contributed by atoms with Gasteiger partial charge in [0.25, 0.3) is 0 Å². The lowest BCUT2D eigenvalue weighted by molar-refractivity contribution is -0.879. The predicted molar refractivity (Wildman–Crippen MR) is 129 cm³/mol. The van der Waals surface area contributed by atoms with Crippen molar-refractivity contribution in [1.82, 2.24) is 13.7 Å². The Labute approximate surface area is 197 Å². The van der Waals surface area contributed by atoms with E-state index in [4.69, 9.17) is 4.99 Å². The highest BCUT2D eigenvalue weighted by molar-refractivity contribution is 5.25. The topological polar surface area (TPSA) is 73.2 Å². The quantitative estimate of drug-likeness (QED) is 0.416. The van der Waals surface area contributed by atoms with Crippen LogP contribution in [0.1, 0.15) is 0 Å². The average Bonchev–Trinajstić information content (AvgIpc) is 2.70. The smallest absolute Gasteiger partial charge is 0.302 e. The molecule has 184 valence electrons. The van der Waals surface area contributed by atoms with Gasteiger partial charge in [-0.25, -0.2) is 14.8 Å². The molecule has 0 saturated heterocycles. The molecule has 2 aromatic heterocycles. The minimum absolute atomic E-state index is 0.619. The monoisotopic (exact) mass is 463 g/mol. The molecule has 2 aromatic rings. The normalized spacial score (nSPS) is 12.4. The van der Waals surface area contributed by atoms with Gasteiger partial charge >= 0.3 is 17.8 Å². The Kier molecular flexibility index (Phi) is 8.04. The van der Waals surface area contributed by atoms with Crippen molar-refractivity contribution in [2.24, 2.45) is 57.3 Å². The summed E-state index contributed by atoms with van der Waals surface area (Å²) in [5.74, 6) is 3.26. The van der Waals surface area contributed by atoms with E-state index < -0.39 is 0 Å². The molecule has 0 atom stereocenters. The van der Waals surface area contributed by atoms with E-state index >= 15 is 0 Å². The summed E-state index contributed by atoms with van der Waals surface area (Å²) in [6, 6.07) is 0. The average molecular weight is 464 g/mol. The standard InChI is InChI=1S/C21H43N12/c1-22-16-28(8)17(23-2)30(10)18(29(16)9)24-14-15-27(7)21-32(12)19(25(3)4)31(11)20(26(5)6)33(21)13/h14-15H2,1-13H3/q+3. The zero-order valence-electron chi connectivity index (χ0n) is 22.8. The first-order valence-electron chi connectivity index (χ1n) is 11.0. The van der Waals surface area contributed by atoms with Gasteiger partial charge < -0.3 is 4.90 Å². The Morgan fingerprint density at radius 3 is 1.36 bits per heavy atom. The zero-order chi connectivity index (χ0) is 25.2. The van der Waals surface area contributed by atoms with Crippen LogP contribution in [0.4, 0.5) is 17.8 Å². The van der Waals surface area contributed by atoms with Crippen LogP contribution in [0.25, 0.3) is 0 Å². The second kappa shape index (κ2) is 10.2. The van der Waals surface area contributed by atoms with Gasteiger partial charge in [-0.1, -0.05) is 4.57 Å². The Morgan fingerprint density at radius 2 is 1.00 bits per heavy atom. The molecule has 0 aliphatic heterocycles. The predicted octanol–water partition coefficient (Wildman–Crippen LogP) is -3.59. The molecule has 0 N–H and O–H groups in total. The molecule has 0 aliphatic carbocycles. The Morgan fingerprint density at radius 1 is 0.636 bits per heavy atom. The minimum atomic E-state index is 0.619. The van der Waals surface area contributed by atoms with Crippen LogP contribution in [-0.4, -0.2) is 76.1 Å². The number of anilines is 3. The van der Waals surface area contributed by atoms with E-state index in [9.17, 15) is 0 Å². The van der Waals surface area contributed by atoms with E-state index in [0.717, 1.165) is 41.2 Å². The molecule has 2 heterocycles. The highest BCUT2D eigenvalue weighted by Crippen LogP contribution is 2.08. The molecule has 33 heavy (non-hydrogen) atoms. The second-order valence-electron chi connectivity index (χ2n) is 8.69. The van der Waals surface area contributed by atoms with E-state index in [1.807, 2.05) is 34.8 Å². The minimum Gasteiger partial charge on any atom is -0.302 e. The largest absolute Gasteiger partial charge is 0.506 e. The summed E-state index contributed by atoms with van der Waals surface area (Å²) in [6.07, 6.45) is 0. The number of aromatic nitrogens is 6. The first kappa shape index (κ1) is 26.1. The van der Waals surface area contributed by atoms with Crippen LogP contribution >= 0.6 is 0 Å². The maximum absolute atomic E-state index is 4.93. The van der Waals surface area contributed by atoms with Gasteiger partial charge in [0, 0.05) is 49.3 Å². The van der Waals surface area contributed by atoms with Crippen molar-refractivity contribution in [2.45, 2.75) is 0 Å². The van der Waals surface area contributed by atoms with E-state index in [1.165, 1.54) is 0 Å². The number of hydrogen-bond acceptors (Lipinski definition) is 6. The summed E-state index contributed by atoms with van der Waals surface area (Å²) in [6.45, 7) is 1.36. The second-order valence-corrected chi connectivity index (χ2v) is 8.69. The van der Waals surface area contributed by atoms with Crippen LogP contribution < -0.4 is 45.3 Å². The van der Waals surface area contributed by atoms with Crippen LogP contribution in [0.5, 0.6) is 0 Å². The lowest BCUT2D eigenvalue weighted by atomic mass is 10.5. The van der Waals surface area contributed by atoms with Crippen molar-refractivity contribution in [1.29, 1.82) is 0 Å². The Bertz CT molecular complexity index is 1140. The third-order valence-corrected chi connectivity index (χ3v) is 5.83. The third kappa shape index (κ3) is 4.64. The summed E-state index contributed by atoms with van der Waals surface area (Å²) in [5.41, 5.74) is 2.43. The van der Waals surface area contributed by atoms with Crippen molar-refractivity contribution < 1.29 is 13.7 Å². The molecule has 12 nitrogen and oxygen atoms in total. The van der Waals surface area contributed by atoms with Gasteiger partial charge in [-0.2, -0.15) is 0 Å². The van der Waals surface area contributed by atoms with Crippen molar-refractivity contribution in [2.75, 3.05) is 77.1 Å². The summed E-state index contributed by atoms with van der Waals surface area (Å²) in [7, 11) is 26.1.